The van der Waals surface area contributed by atoms with Gasteiger partial charge in [0.25, 0.3) is 5.69 Å². The lowest BCUT2D eigenvalue weighted by Gasteiger charge is -2.27. The molecule has 0 heterocycles. The number of benzene rings is 2. The van der Waals surface area contributed by atoms with E-state index in [2.05, 4.69) is 6.92 Å². The summed E-state index contributed by atoms with van der Waals surface area (Å²) in [6, 6.07) is 11.4. The number of non-ortho nitro benzene ring substituents is 1. The summed E-state index contributed by atoms with van der Waals surface area (Å²) in [5, 5.41) is 10.8. The number of amides is 1. The van der Waals surface area contributed by atoms with Crippen LogP contribution in [0.15, 0.2) is 53.4 Å². The maximum atomic E-state index is 13.1. The molecule has 0 aliphatic carbocycles. The van der Waals surface area contributed by atoms with Crippen LogP contribution in [0.2, 0.25) is 0 Å². The van der Waals surface area contributed by atoms with Crippen LogP contribution in [-0.4, -0.2) is 30.1 Å². The first-order chi connectivity index (χ1) is 13.2. The Morgan fingerprint density at radius 3 is 2.18 bits per heavy atom. The summed E-state index contributed by atoms with van der Waals surface area (Å²) in [5.74, 6) is -0.792. The van der Waals surface area contributed by atoms with Gasteiger partial charge in [0.2, 0.25) is 15.9 Å². The summed E-state index contributed by atoms with van der Waals surface area (Å²) >= 11 is 0. The molecular weight excluding hydrogens is 382 g/mol. The van der Waals surface area contributed by atoms with E-state index in [-0.39, 0.29) is 10.6 Å². The van der Waals surface area contributed by atoms with Gasteiger partial charge < -0.3 is 5.73 Å². The predicted molar refractivity (Wildman–Crippen MR) is 105 cm³/mol. The third-order valence-electron chi connectivity index (χ3n) is 4.40. The highest BCUT2D eigenvalue weighted by Crippen LogP contribution is 2.28. The van der Waals surface area contributed by atoms with Crippen molar-refractivity contribution in [1.82, 2.24) is 4.31 Å². The first-order valence-corrected chi connectivity index (χ1v) is 10.2. The summed E-state index contributed by atoms with van der Waals surface area (Å²) < 4.78 is 27.2. The number of nitrogens with zero attached hydrogens (tertiary/aromatic N) is 2. The van der Waals surface area contributed by atoms with Crippen molar-refractivity contribution in [1.29, 1.82) is 0 Å². The first-order valence-electron chi connectivity index (χ1n) is 8.80. The van der Waals surface area contributed by atoms with E-state index in [0.717, 1.165) is 47.0 Å². The Balaban J connectivity index is 2.40. The molecule has 28 heavy (non-hydrogen) atoms. The molecule has 0 fully saturated rings. The van der Waals surface area contributed by atoms with Gasteiger partial charge in [0, 0.05) is 18.2 Å². The van der Waals surface area contributed by atoms with E-state index in [1.54, 1.807) is 6.92 Å². The molecule has 2 N–H and O–H groups in total. The monoisotopic (exact) mass is 405 g/mol. The van der Waals surface area contributed by atoms with Gasteiger partial charge in [0.05, 0.1) is 16.4 Å². The van der Waals surface area contributed by atoms with Gasteiger partial charge in [0.1, 0.15) is 0 Å². The van der Waals surface area contributed by atoms with E-state index >= 15 is 0 Å². The summed E-state index contributed by atoms with van der Waals surface area (Å²) in [7, 11) is -4.10. The maximum Gasteiger partial charge on any atom is 0.269 e. The van der Waals surface area contributed by atoms with Crippen molar-refractivity contribution in [2.24, 2.45) is 5.73 Å². The molecule has 0 aromatic heterocycles. The van der Waals surface area contributed by atoms with Crippen molar-refractivity contribution >= 4 is 21.6 Å². The lowest BCUT2D eigenvalue weighted by molar-refractivity contribution is -0.384. The Bertz CT molecular complexity index is 941. The lowest BCUT2D eigenvalue weighted by Crippen LogP contribution is -2.40. The smallest absolute Gasteiger partial charge is 0.269 e. The van der Waals surface area contributed by atoms with Gasteiger partial charge in [0.15, 0.2) is 0 Å². The van der Waals surface area contributed by atoms with E-state index in [9.17, 15) is 23.3 Å². The van der Waals surface area contributed by atoms with E-state index in [4.69, 9.17) is 5.73 Å². The minimum absolute atomic E-state index is 0.145. The maximum absolute atomic E-state index is 13.1. The zero-order valence-electron chi connectivity index (χ0n) is 15.7. The molecule has 0 saturated carbocycles. The van der Waals surface area contributed by atoms with Gasteiger partial charge in [-0.15, -0.1) is 0 Å². The van der Waals surface area contributed by atoms with E-state index in [1.165, 1.54) is 0 Å². The molecular formula is C19H23N3O5S. The van der Waals surface area contributed by atoms with Crippen molar-refractivity contribution in [2.45, 2.75) is 37.6 Å². The minimum atomic E-state index is -4.10. The van der Waals surface area contributed by atoms with Crippen molar-refractivity contribution in [3.8, 4) is 0 Å². The number of sulfonamides is 1. The second kappa shape index (κ2) is 8.94. The molecule has 1 atom stereocenters. The zero-order chi connectivity index (χ0) is 20.9. The van der Waals surface area contributed by atoms with Crippen LogP contribution in [0.4, 0.5) is 5.69 Å². The normalized spacial score (nSPS) is 12.7. The fraction of sp³-hybridized carbons (Fsp3) is 0.316. The molecule has 8 nitrogen and oxygen atoms in total. The van der Waals surface area contributed by atoms with Crippen molar-refractivity contribution in [3.05, 3.63) is 69.8 Å². The lowest BCUT2D eigenvalue weighted by atomic mass is 10.0. The Hall–Kier alpha value is -2.78. The van der Waals surface area contributed by atoms with Gasteiger partial charge in [-0.1, -0.05) is 37.6 Å². The molecule has 9 heteroatoms. The van der Waals surface area contributed by atoms with Crippen molar-refractivity contribution in [3.63, 3.8) is 0 Å². The highest BCUT2D eigenvalue weighted by molar-refractivity contribution is 7.89. The number of nitro groups is 1. The molecule has 150 valence electrons. The Kier molecular flexibility index (Phi) is 6.87. The average molecular weight is 405 g/mol. The molecule has 0 unspecified atom stereocenters. The fourth-order valence-electron chi connectivity index (χ4n) is 2.88. The predicted octanol–water partition coefficient (Wildman–Crippen LogP) is 2.78. The number of primary amides is 1. The number of hydrogen-bond acceptors (Lipinski definition) is 5. The molecule has 0 spiro atoms. The van der Waals surface area contributed by atoms with Gasteiger partial charge in [-0.2, -0.15) is 4.31 Å². The molecule has 2 aromatic carbocycles. The van der Waals surface area contributed by atoms with Crippen LogP contribution in [0.3, 0.4) is 0 Å². The van der Waals surface area contributed by atoms with Crippen molar-refractivity contribution < 1.29 is 18.1 Å². The summed E-state index contributed by atoms with van der Waals surface area (Å²) in [5.41, 5.74) is 6.91. The first kappa shape index (κ1) is 21.5. The zero-order valence-corrected chi connectivity index (χ0v) is 16.6. The number of hydrogen-bond donors (Lipinski definition) is 1. The number of rotatable bonds is 9. The fourth-order valence-corrected chi connectivity index (χ4v) is 4.46. The van der Waals surface area contributed by atoms with Gasteiger partial charge in [-0.05, 0) is 36.6 Å². The van der Waals surface area contributed by atoms with Crippen LogP contribution in [0.1, 0.15) is 37.4 Å². The topological polar surface area (TPSA) is 124 Å². The summed E-state index contributed by atoms with van der Waals surface area (Å²) in [6.07, 6.45) is 1.91. The Morgan fingerprint density at radius 2 is 1.71 bits per heavy atom. The minimum Gasteiger partial charge on any atom is -0.369 e. The largest absolute Gasteiger partial charge is 0.369 e. The number of carbonyl (C=O) groups excluding carboxylic acids is 1. The quantitative estimate of drug-likeness (QED) is 0.507. The molecule has 0 saturated heterocycles. The number of carbonyl (C=O) groups is 1. The number of aryl methyl sites for hydroxylation is 1. The van der Waals surface area contributed by atoms with E-state index in [1.807, 2.05) is 24.3 Å². The molecule has 0 aliphatic heterocycles. The van der Waals surface area contributed by atoms with Gasteiger partial charge in [-0.25, -0.2) is 8.42 Å². The van der Waals surface area contributed by atoms with Crippen LogP contribution in [-0.2, 0) is 21.2 Å². The van der Waals surface area contributed by atoms with Gasteiger partial charge in [-0.3, -0.25) is 14.9 Å². The van der Waals surface area contributed by atoms with Gasteiger partial charge >= 0.3 is 0 Å². The summed E-state index contributed by atoms with van der Waals surface area (Å²) in [6.45, 7) is 3.24. The van der Waals surface area contributed by atoms with Crippen LogP contribution in [0.25, 0.3) is 0 Å². The molecule has 1 amide bonds. The standard InChI is InChI=1S/C19H23N3O5S/c1-3-4-15-5-7-16(8-6-15)14(2)21(13-19(20)23)28(26,27)18-11-9-17(10-12-18)22(24)25/h5-12,14H,3-4,13H2,1-2H3,(H2,20,23)/t14-/m0/s1. The third kappa shape index (κ3) is 4.93. The molecule has 0 bridgehead atoms. The summed E-state index contributed by atoms with van der Waals surface area (Å²) in [4.78, 5) is 21.6. The SMILES string of the molecule is CCCc1ccc([C@H](C)N(CC(N)=O)S(=O)(=O)c2ccc([N+](=O)[O-])cc2)cc1. The highest BCUT2D eigenvalue weighted by atomic mass is 32.2. The third-order valence-corrected chi connectivity index (χ3v) is 6.33. The second-order valence-corrected chi connectivity index (χ2v) is 8.33. The Labute approximate surface area is 164 Å². The highest BCUT2D eigenvalue weighted by Gasteiger charge is 2.31. The van der Waals surface area contributed by atoms with E-state index in [0.29, 0.717) is 5.56 Å². The molecule has 2 aromatic rings. The number of nitro benzene ring substituents is 1. The van der Waals surface area contributed by atoms with E-state index < -0.39 is 33.4 Å². The Morgan fingerprint density at radius 1 is 1.14 bits per heavy atom. The second-order valence-electron chi connectivity index (χ2n) is 6.44. The van der Waals surface area contributed by atoms with Crippen LogP contribution >= 0.6 is 0 Å². The van der Waals surface area contributed by atoms with Crippen LogP contribution in [0.5, 0.6) is 0 Å². The number of nitrogens with two attached hydrogens (primary N) is 1. The average Bonchev–Trinajstić information content (AvgIpc) is 2.66. The van der Waals surface area contributed by atoms with Crippen molar-refractivity contribution in [2.75, 3.05) is 6.54 Å². The molecule has 0 aliphatic rings. The molecule has 0 radical (unpaired) electrons. The molecule has 2 rings (SSSR count). The van der Waals surface area contributed by atoms with Crippen LogP contribution in [0, 0.1) is 10.1 Å². The van der Waals surface area contributed by atoms with Crippen LogP contribution < -0.4 is 5.73 Å².